The van der Waals surface area contributed by atoms with E-state index in [0.717, 1.165) is 11.3 Å². The molecule has 0 spiro atoms. The lowest BCUT2D eigenvalue weighted by Gasteiger charge is -2.13. The van der Waals surface area contributed by atoms with Crippen molar-refractivity contribution in [1.29, 1.82) is 0 Å². The number of hydrogen-bond acceptors (Lipinski definition) is 4. The molecule has 16 heavy (non-hydrogen) atoms. The SMILES string of the molecule is CCc1cnc(NC(=O)C(N)C(C)C)s1.Cl. The zero-order valence-corrected chi connectivity index (χ0v) is 11.3. The lowest BCUT2D eigenvalue weighted by atomic mass is 10.1. The molecule has 1 heterocycles. The number of nitrogens with one attached hydrogen (secondary N) is 1. The number of aryl methyl sites for hydroxylation is 1. The number of thiazole rings is 1. The van der Waals surface area contributed by atoms with Crippen LogP contribution in [0.2, 0.25) is 0 Å². The molecule has 0 aliphatic heterocycles. The van der Waals surface area contributed by atoms with Gasteiger partial charge in [0.25, 0.3) is 0 Å². The number of halogens is 1. The molecule has 0 bridgehead atoms. The van der Waals surface area contributed by atoms with Crippen molar-refractivity contribution >= 4 is 34.8 Å². The van der Waals surface area contributed by atoms with Gasteiger partial charge in [0.05, 0.1) is 6.04 Å². The van der Waals surface area contributed by atoms with Crippen molar-refractivity contribution in [2.24, 2.45) is 11.7 Å². The monoisotopic (exact) mass is 263 g/mol. The van der Waals surface area contributed by atoms with E-state index in [1.165, 1.54) is 11.3 Å². The standard InChI is InChI=1S/C10H17N3OS.ClH/c1-4-7-5-12-10(15-7)13-9(14)8(11)6(2)3;/h5-6,8H,4,11H2,1-3H3,(H,12,13,14);1H. The summed E-state index contributed by atoms with van der Waals surface area (Å²) in [5, 5.41) is 3.35. The van der Waals surface area contributed by atoms with Gasteiger partial charge in [0, 0.05) is 11.1 Å². The van der Waals surface area contributed by atoms with E-state index in [1.54, 1.807) is 6.20 Å². The van der Waals surface area contributed by atoms with Gasteiger partial charge in [0.1, 0.15) is 0 Å². The van der Waals surface area contributed by atoms with Crippen molar-refractivity contribution in [3.63, 3.8) is 0 Å². The summed E-state index contributed by atoms with van der Waals surface area (Å²) in [5.41, 5.74) is 5.71. The average Bonchev–Trinajstić information content (AvgIpc) is 2.64. The molecule has 1 aromatic heterocycles. The van der Waals surface area contributed by atoms with E-state index in [-0.39, 0.29) is 24.2 Å². The summed E-state index contributed by atoms with van der Waals surface area (Å²) < 4.78 is 0. The fraction of sp³-hybridized carbons (Fsp3) is 0.600. The maximum Gasteiger partial charge on any atom is 0.243 e. The molecule has 1 atom stereocenters. The third kappa shape index (κ3) is 4.08. The number of aromatic nitrogens is 1. The van der Waals surface area contributed by atoms with E-state index >= 15 is 0 Å². The van der Waals surface area contributed by atoms with Crippen LogP contribution in [0.3, 0.4) is 0 Å². The molecule has 92 valence electrons. The first kappa shape index (κ1) is 15.3. The summed E-state index contributed by atoms with van der Waals surface area (Å²) in [5.74, 6) is -0.0300. The van der Waals surface area contributed by atoms with Crippen LogP contribution in [0.5, 0.6) is 0 Å². The van der Waals surface area contributed by atoms with Gasteiger partial charge in [-0.25, -0.2) is 4.98 Å². The highest BCUT2D eigenvalue weighted by molar-refractivity contribution is 7.15. The Balaban J connectivity index is 0.00000225. The molecule has 0 radical (unpaired) electrons. The number of nitrogens with zero attached hydrogens (tertiary/aromatic N) is 1. The summed E-state index contributed by atoms with van der Waals surface area (Å²) in [6, 6.07) is -0.473. The summed E-state index contributed by atoms with van der Waals surface area (Å²) in [7, 11) is 0. The third-order valence-electron chi connectivity index (χ3n) is 2.15. The van der Waals surface area contributed by atoms with Gasteiger partial charge in [-0.15, -0.1) is 23.7 Å². The molecule has 1 unspecified atom stereocenters. The average molecular weight is 264 g/mol. The second-order valence-corrected chi connectivity index (χ2v) is 4.86. The largest absolute Gasteiger partial charge is 0.320 e. The van der Waals surface area contributed by atoms with E-state index in [4.69, 9.17) is 5.73 Å². The quantitative estimate of drug-likeness (QED) is 0.874. The van der Waals surface area contributed by atoms with Crippen molar-refractivity contribution in [2.75, 3.05) is 5.32 Å². The molecule has 0 saturated heterocycles. The first-order valence-electron chi connectivity index (χ1n) is 5.05. The van der Waals surface area contributed by atoms with Gasteiger partial charge < -0.3 is 11.1 Å². The second-order valence-electron chi connectivity index (χ2n) is 3.74. The molecular weight excluding hydrogens is 246 g/mol. The van der Waals surface area contributed by atoms with Gasteiger partial charge >= 0.3 is 0 Å². The fourth-order valence-corrected chi connectivity index (χ4v) is 1.78. The molecule has 1 aromatic rings. The zero-order valence-electron chi connectivity index (χ0n) is 9.69. The molecule has 0 aromatic carbocycles. The molecule has 0 aliphatic carbocycles. The van der Waals surface area contributed by atoms with E-state index in [9.17, 15) is 4.79 Å². The van der Waals surface area contributed by atoms with Gasteiger partial charge in [-0.05, 0) is 12.3 Å². The molecule has 4 nitrogen and oxygen atoms in total. The highest BCUT2D eigenvalue weighted by Crippen LogP contribution is 2.18. The minimum atomic E-state index is -0.473. The molecule has 6 heteroatoms. The Labute approximate surface area is 106 Å². The minimum Gasteiger partial charge on any atom is -0.320 e. The normalized spacial score (nSPS) is 12.1. The lowest BCUT2D eigenvalue weighted by molar-refractivity contribution is -0.118. The van der Waals surface area contributed by atoms with Crippen molar-refractivity contribution < 1.29 is 4.79 Å². The number of anilines is 1. The minimum absolute atomic E-state index is 0. The lowest BCUT2D eigenvalue weighted by Crippen LogP contribution is -2.39. The van der Waals surface area contributed by atoms with Crippen LogP contribution in [0.4, 0.5) is 5.13 Å². The van der Waals surface area contributed by atoms with Crippen LogP contribution >= 0.6 is 23.7 Å². The molecule has 0 fully saturated rings. The van der Waals surface area contributed by atoms with Crippen molar-refractivity contribution in [3.8, 4) is 0 Å². The Bertz CT molecular complexity index is 341. The number of hydrogen-bond donors (Lipinski definition) is 2. The Morgan fingerprint density at radius 1 is 1.62 bits per heavy atom. The maximum absolute atomic E-state index is 11.6. The predicted molar refractivity (Wildman–Crippen MR) is 70.2 cm³/mol. The van der Waals surface area contributed by atoms with Crippen LogP contribution in [0.15, 0.2) is 6.20 Å². The highest BCUT2D eigenvalue weighted by atomic mass is 35.5. The third-order valence-corrected chi connectivity index (χ3v) is 3.21. The highest BCUT2D eigenvalue weighted by Gasteiger charge is 2.18. The second kappa shape index (κ2) is 6.83. The first-order valence-corrected chi connectivity index (χ1v) is 5.87. The molecule has 1 amide bonds. The fourth-order valence-electron chi connectivity index (χ4n) is 1.02. The maximum atomic E-state index is 11.6. The first-order chi connectivity index (χ1) is 7.04. The number of carbonyl (C=O) groups excluding carboxylic acids is 1. The Morgan fingerprint density at radius 2 is 2.25 bits per heavy atom. The molecule has 0 aliphatic rings. The van der Waals surface area contributed by atoms with Gasteiger partial charge in [0.15, 0.2) is 5.13 Å². The topological polar surface area (TPSA) is 68.0 Å². The summed E-state index contributed by atoms with van der Waals surface area (Å²) in [4.78, 5) is 16.8. The van der Waals surface area contributed by atoms with E-state index < -0.39 is 6.04 Å². The summed E-state index contributed by atoms with van der Waals surface area (Å²) in [6.07, 6.45) is 2.71. The van der Waals surface area contributed by atoms with Gasteiger partial charge in [0.2, 0.25) is 5.91 Å². The number of rotatable bonds is 4. The van der Waals surface area contributed by atoms with Crippen molar-refractivity contribution in [3.05, 3.63) is 11.1 Å². The molecule has 0 saturated carbocycles. The number of amides is 1. The molecule has 3 N–H and O–H groups in total. The van der Waals surface area contributed by atoms with Crippen LogP contribution in [-0.2, 0) is 11.2 Å². The van der Waals surface area contributed by atoms with Gasteiger partial charge in [-0.2, -0.15) is 0 Å². The summed E-state index contributed by atoms with van der Waals surface area (Å²) in [6.45, 7) is 5.89. The van der Waals surface area contributed by atoms with E-state index in [1.807, 2.05) is 13.8 Å². The summed E-state index contributed by atoms with van der Waals surface area (Å²) >= 11 is 1.49. The molecule has 1 rings (SSSR count). The van der Waals surface area contributed by atoms with Crippen LogP contribution < -0.4 is 11.1 Å². The van der Waals surface area contributed by atoms with Crippen molar-refractivity contribution in [1.82, 2.24) is 4.98 Å². The van der Waals surface area contributed by atoms with Crippen LogP contribution in [0.25, 0.3) is 0 Å². The van der Waals surface area contributed by atoms with Gasteiger partial charge in [-0.3, -0.25) is 4.79 Å². The van der Waals surface area contributed by atoms with Crippen LogP contribution in [-0.4, -0.2) is 16.9 Å². The van der Waals surface area contributed by atoms with E-state index in [2.05, 4.69) is 17.2 Å². The predicted octanol–water partition coefficient (Wildman–Crippen LogP) is 2.05. The van der Waals surface area contributed by atoms with Crippen LogP contribution in [0, 0.1) is 5.92 Å². The Kier molecular flexibility index (Phi) is 6.55. The zero-order chi connectivity index (χ0) is 11.4. The van der Waals surface area contributed by atoms with Gasteiger partial charge in [-0.1, -0.05) is 20.8 Å². The Morgan fingerprint density at radius 3 is 2.69 bits per heavy atom. The van der Waals surface area contributed by atoms with E-state index in [0.29, 0.717) is 5.13 Å². The van der Waals surface area contributed by atoms with Crippen molar-refractivity contribution in [2.45, 2.75) is 33.2 Å². The van der Waals surface area contributed by atoms with Crippen LogP contribution in [0.1, 0.15) is 25.6 Å². The molecular formula is C10H18ClN3OS. The smallest absolute Gasteiger partial charge is 0.243 e. The number of carbonyl (C=O) groups is 1. The Hall–Kier alpha value is -0.650. The number of nitrogens with two attached hydrogens (primary N) is 1.